The average molecular weight is 367 g/mol. The maximum atomic E-state index is 12.4. The van der Waals surface area contributed by atoms with Crippen molar-refractivity contribution in [1.29, 1.82) is 0 Å². The summed E-state index contributed by atoms with van der Waals surface area (Å²) in [4.78, 5) is 19.3. The Hall–Kier alpha value is -1.95. The van der Waals surface area contributed by atoms with E-state index in [-0.39, 0.29) is 5.56 Å². The Morgan fingerprint density at radius 1 is 1.07 bits per heavy atom. The lowest BCUT2D eigenvalue weighted by molar-refractivity contribution is 0.160. The Morgan fingerprint density at radius 3 is 2.70 bits per heavy atom. The molecule has 0 unspecified atom stereocenters. The molecule has 144 valence electrons. The van der Waals surface area contributed by atoms with Crippen LogP contribution in [-0.2, 0) is 25.9 Å². The molecule has 3 aliphatic rings. The van der Waals surface area contributed by atoms with Crippen molar-refractivity contribution >= 4 is 0 Å². The molecular weight excluding hydrogens is 338 g/mol. The van der Waals surface area contributed by atoms with E-state index in [1.165, 1.54) is 36.9 Å². The SMILES string of the molecule is O=c1cc2c(nn1CC1CCN(Cc3cncn3C3CC3)CC1)CCCC2. The fraction of sp³-hybridized carbons (Fsp3) is 0.667. The van der Waals surface area contributed by atoms with Gasteiger partial charge in [0, 0.05) is 31.4 Å². The summed E-state index contributed by atoms with van der Waals surface area (Å²) in [7, 11) is 0. The number of hydrogen-bond acceptors (Lipinski definition) is 4. The Labute approximate surface area is 160 Å². The smallest absolute Gasteiger partial charge is 0.267 e. The van der Waals surface area contributed by atoms with Crippen molar-refractivity contribution in [2.75, 3.05) is 13.1 Å². The van der Waals surface area contributed by atoms with Crippen molar-refractivity contribution in [3.63, 3.8) is 0 Å². The first-order valence-electron chi connectivity index (χ1n) is 10.6. The Kier molecular flexibility index (Phi) is 4.60. The van der Waals surface area contributed by atoms with Gasteiger partial charge in [-0.25, -0.2) is 9.67 Å². The normalized spacial score (nSPS) is 21.3. The number of imidazole rings is 1. The summed E-state index contributed by atoms with van der Waals surface area (Å²) in [6.07, 6.45) is 13.4. The van der Waals surface area contributed by atoms with Crippen LogP contribution in [0.3, 0.4) is 0 Å². The fourth-order valence-electron chi connectivity index (χ4n) is 4.67. The molecule has 0 atom stereocenters. The van der Waals surface area contributed by atoms with E-state index in [2.05, 4.69) is 14.5 Å². The van der Waals surface area contributed by atoms with Gasteiger partial charge >= 0.3 is 0 Å². The summed E-state index contributed by atoms with van der Waals surface area (Å²) >= 11 is 0. The molecule has 0 N–H and O–H groups in total. The summed E-state index contributed by atoms with van der Waals surface area (Å²) in [6, 6.07) is 2.54. The number of hydrogen-bond donors (Lipinski definition) is 0. The van der Waals surface area contributed by atoms with Gasteiger partial charge in [-0.1, -0.05) is 0 Å². The minimum absolute atomic E-state index is 0.0893. The van der Waals surface area contributed by atoms with Crippen LogP contribution in [0.2, 0.25) is 0 Å². The van der Waals surface area contributed by atoms with Gasteiger partial charge in [0.15, 0.2) is 0 Å². The van der Waals surface area contributed by atoms with E-state index in [1.54, 1.807) is 4.68 Å². The van der Waals surface area contributed by atoms with E-state index in [1.807, 2.05) is 18.6 Å². The molecule has 1 saturated carbocycles. The summed E-state index contributed by atoms with van der Waals surface area (Å²) in [5.41, 5.74) is 3.78. The van der Waals surface area contributed by atoms with Crippen molar-refractivity contribution in [2.24, 2.45) is 5.92 Å². The van der Waals surface area contributed by atoms with E-state index < -0.39 is 0 Å². The lowest BCUT2D eigenvalue weighted by atomic mass is 9.95. The molecule has 27 heavy (non-hydrogen) atoms. The molecule has 3 heterocycles. The maximum absolute atomic E-state index is 12.4. The molecule has 6 heteroatoms. The molecular formula is C21H29N5O. The van der Waals surface area contributed by atoms with Crippen molar-refractivity contribution in [1.82, 2.24) is 24.2 Å². The van der Waals surface area contributed by atoms with Gasteiger partial charge in [-0.15, -0.1) is 0 Å². The zero-order valence-corrected chi connectivity index (χ0v) is 16.0. The zero-order valence-electron chi connectivity index (χ0n) is 16.0. The standard InChI is InChI=1S/C21H29N5O/c27-21-11-17-3-1-2-4-20(17)23-26(21)13-16-7-9-24(10-8-16)14-19-12-22-15-25(19)18-5-6-18/h11-12,15-16,18H,1-10,13-14H2. The maximum Gasteiger partial charge on any atom is 0.267 e. The van der Waals surface area contributed by atoms with Crippen molar-refractivity contribution in [2.45, 2.75) is 70.5 Å². The van der Waals surface area contributed by atoms with Gasteiger partial charge in [0.2, 0.25) is 0 Å². The van der Waals surface area contributed by atoms with Gasteiger partial charge in [-0.3, -0.25) is 9.69 Å². The molecule has 6 nitrogen and oxygen atoms in total. The first-order chi connectivity index (χ1) is 13.3. The van der Waals surface area contributed by atoms with Gasteiger partial charge in [0.1, 0.15) is 0 Å². The van der Waals surface area contributed by atoms with Crippen LogP contribution in [-0.4, -0.2) is 37.3 Å². The molecule has 0 radical (unpaired) electrons. The number of fused-ring (bicyclic) bond motifs is 1. The van der Waals surface area contributed by atoms with E-state index in [0.717, 1.165) is 57.6 Å². The molecule has 1 saturated heterocycles. The predicted octanol–water partition coefficient (Wildman–Crippen LogP) is 2.57. The van der Waals surface area contributed by atoms with Gasteiger partial charge in [-0.2, -0.15) is 5.10 Å². The molecule has 0 spiro atoms. The molecule has 2 aromatic heterocycles. The monoisotopic (exact) mass is 367 g/mol. The second kappa shape index (κ2) is 7.23. The van der Waals surface area contributed by atoms with Crippen molar-refractivity contribution < 1.29 is 0 Å². The van der Waals surface area contributed by atoms with Crippen LogP contribution in [0.1, 0.15) is 61.5 Å². The van der Waals surface area contributed by atoms with E-state index in [0.29, 0.717) is 12.0 Å². The van der Waals surface area contributed by atoms with Crippen LogP contribution in [0.5, 0.6) is 0 Å². The fourth-order valence-corrected chi connectivity index (χ4v) is 4.67. The lowest BCUT2D eigenvalue weighted by Gasteiger charge is -2.32. The molecule has 1 aliphatic heterocycles. The lowest BCUT2D eigenvalue weighted by Crippen LogP contribution is -2.37. The first kappa shape index (κ1) is 17.2. The van der Waals surface area contributed by atoms with Gasteiger partial charge in [0.05, 0.1) is 17.7 Å². The molecule has 2 aliphatic carbocycles. The molecule has 2 aromatic rings. The zero-order chi connectivity index (χ0) is 18.2. The highest BCUT2D eigenvalue weighted by Crippen LogP contribution is 2.36. The van der Waals surface area contributed by atoms with Gasteiger partial charge in [-0.05, 0) is 75.9 Å². The van der Waals surface area contributed by atoms with E-state index in [4.69, 9.17) is 5.10 Å². The van der Waals surface area contributed by atoms with Crippen molar-refractivity contribution in [3.8, 4) is 0 Å². The molecule has 2 fully saturated rings. The van der Waals surface area contributed by atoms with Crippen LogP contribution >= 0.6 is 0 Å². The Balaban J connectivity index is 1.19. The first-order valence-corrected chi connectivity index (χ1v) is 10.6. The predicted molar refractivity (Wildman–Crippen MR) is 104 cm³/mol. The average Bonchev–Trinajstić information content (AvgIpc) is 3.43. The highest BCUT2D eigenvalue weighted by Gasteiger charge is 2.27. The quantitative estimate of drug-likeness (QED) is 0.815. The molecule has 0 amide bonds. The molecule has 5 rings (SSSR count). The highest BCUT2D eigenvalue weighted by molar-refractivity contribution is 5.20. The van der Waals surface area contributed by atoms with Crippen molar-refractivity contribution in [3.05, 3.63) is 45.9 Å². The van der Waals surface area contributed by atoms with Crippen LogP contribution in [0.15, 0.2) is 23.4 Å². The van der Waals surface area contributed by atoms with Gasteiger partial charge in [0.25, 0.3) is 5.56 Å². The third kappa shape index (κ3) is 3.72. The number of aromatic nitrogens is 4. The van der Waals surface area contributed by atoms with E-state index >= 15 is 0 Å². The summed E-state index contributed by atoms with van der Waals surface area (Å²) < 4.78 is 4.11. The van der Waals surface area contributed by atoms with Crippen LogP contribution in [0.4, 0.5) is 0 Å². The number of likely N-dealkylation sites (tertiary alicyclic amines) is 1. The number of nitrogens with zero attached hydrogens (tertiary/aromatic N) is 5. The molecule has 0 aromatic carbocycles. The Morgan fingerprint density at radius 2 is 1.89 bits per heavy atom. The summed E-state index contributed by atoms with van der Waals surface area (Å²) in [5.74, 6) is 0.557. The number of piperidine rings is 1. The second-order valence-electron chi connectivity index (χ2n) is 8.59. The molecule has 0 bridgehead atoms. The largest absolute Gasteiger partial charge is 0.330 e. The second-order valence-corrected chi connectivity index (χ2v) is 8.59. The minimum Gasteiger partial charge on any atom is -0.330 e. The topological polar surface area (TPSA) is 56.0 Å². The Bertz CT molecular complexity index is 858. The number of rotatable bonds is 5. The summed E-state index contributed by atoms with van der Waals surface area (Å²) in [5, 5.41) is 4.70. The number of aryl methyl sites for hydroxylation is 2. The van der Waals surface area contributed by atoms with Crippen LogP contribution in [0, 0.1) is 5.92 Å². The summed E-state index contributed by atoms with van der Waals surface area (Å²) in [6.45, 7) is 3.97. The van der Waals surface area contributed by atoms with Crippen LogP contribution in [0.25, 0.3) is 0 Å². The third-order valence-corrected chi connectivity index (χ3v) is 6.48. The minimum atomic E-state index is 0.0893. The highest BCUT2D eigenvalue weighted by atomic mass is 16.1. The van der Waals surface area contributed by atoms with Gasteiger partial charge < -0.3 is 4.57 Å². The third-order valence-electron chi connectivity index (χ3n) is 6.48. The van der Waals surface area contributed by atoms with Crippen LogP contribution < -0.4 is 5.56 Å². The van der Waals surface area contributed by atoms with E-state index in [9.17, 15) is 4.79 Å².